The normalized spacial score (nSPS) is 15.2. The van der Waals surface area contributed by atoms with E-state index in [2.05, 4.69) is 5.32 Å². The first-order chi connectivity index (χ1) is 16.2. The highest BCUT2D eigenvalue weighted by Crippen LogP contribution is 2.26. The number of rotatable bonds is 6. The van der Waals surface area contributed by atoms with Crippen LogP contribution in [0.2, 0.25) is 0 Å². The zero-order valence-corrected chi connectivity index (χ0v) is 19.9. The van der Waals surface area contributed by atoms with Gasteiger partial charge < -0.3 is 24.4 Å². The van der Waals surface area contributed by atoms with Crippen molar-refractivity contribution in [3.63, 3.8) is 0 Å². The molecule has 2 amide bonds. The maximum Gasteiger partial charge on any atom is 0.410 e. The summed E-state index contributed by atoms with van der Waals surface area (Å²) in [6, 6.07) is 18.6. The SMILES string of the molecule is CC(C)(C)OC(=O)N1CCC(NC(=O)OCc2ccccc2)(C(=O)OCc2ccccc2)CC1. The first kappa shape index (κ1) is 25.1. The number of esters is 1. The molecule has 1 aliphatic heterocycles. The quantitative estimate of drug-likeness (QED) is 0.498. The zero-order valence-electron chi connectivity index (χ0n) is 19.9. The zero-order chi connectivity index (χ0) is 24.6. The average Bonchev–Trinajstić information content (AvgIpc) is 2.82. The summed E-state index contributed by atoms with van der Waals surface area (Å²) < 4.78 is 16.4. The Morgan fingerprint density at radius 2 is 1.35 bits per heavy atom. The van der Waals surface area contributed by atoms with Crippen LogP contribution in [0.25, 0.3) is 0 Å². The van der Waals surface area contributed by atoms with Crippen LogP contribution in [0.15, 0.2) is 60.7 Å². The lowest BCUT2D eigenvalue weighted by Gasteiger charge is -2.40. The van der Waals surface area contributed by atoms with Crippen LogP contribution in [0.4, 0.5) is 9.59 Å². The molecule has 182 valence electrons. The first-order valence-electron chi connectivity index (χ1n) is 11.3. The number of ether oxygens (including phenoxy) is 3. The summed E-state index contributed by atoms with van der Waals surface area (Å²) in [5.74, 6) is -0.558. The van der Waals surface area contributed by atoms with E-state index in [1.807, 2.05) is 60.7 Å². The molecule has 8 nitrogen and oxygen atoms in total. The highest BCUT2D eigenvalue weighted by molar-refractivity contribution is 5.86. The lowest BCUT2D eigenvalue weighted by molar-refractivity contribution is -0.155. The van der Waals surface area contributed by atoms with Crippen LogP contribution in [-0.2, 0) is 32.2 Å². The summed E-state index contributed by atoms with van der Waals surface area (Å²) in [7, 11) is 0. The third kappa shape index (κ3) is 7.23. The Morgan fingerprint density at radius 3 is 1.85 bits per heavy atom. The van der Waals surface area contributed by atoms with Crippen LogP contribution < -0.4 is 5.32 Å². The minimum absolute atomic E-state index is 0.0752. The summed E-state index contributed by atoms with van der Waals surface area (Å²) in [5, 5.41) is 2.73. The number of nitrogens with zero attached hydrogens (tertiary/aromatic N) is 1. The van der Waals surface area contributed by atoms with Crippen LogP contribution in [0.3, 0.4) is 0 Å². The van der Waals surface area contributed by atoms with Crippen molar-refractivity contribution in [2.75, 3.05) is 13.1 Å². The molecule has 0 bridgehead atoms. The van der Waals surface area contributed by atoms with Crippen molar-refractivity contribution in [1.82, 2.24) is 10.2 Å². The average molecular weight is 469 g/mol. The number of benzene rings is 2. The number of likely N-dealkylation sites (tertiary alicyclic amines) is 1. The van der Waals surface area contributed by atoms with Crippen molar-refractivity contribution in [1.29, 1.82) is 0 Å². The van der Waals surface area contributed by atoms with Crippen LogP contribution in [0.5, 0.6) is 0 Å². The lowest BCUT2D eigenvalue weighted by atomic mass is 9.87. The van der Waals surface area contributed by atoms with Gasteiger partial charge in [-0.05, 0) is 44.7 Å². The van der Waals surface area contributed by atoms with Gasteiger partial charge in [-0.15, -0.1) is 0 Å². The Hall–Kier alpha value is -3.55. The number of piperidine rings is 1. The Balaban J connectivity index is 1.66. The van der Waals surface area contributed by atoms with Crippen molar-refractivity contribution in [2.45, 2.75) is 58.0 Å². The van der Waals surface area contributed by atoms with E-state index in [1.165, 1.54) is 4.90 Å². The number of alkyl carbamates (subject to hydrolysis) is 1. The van der Waals surface area contributed by atoms with Gasteiger partial charge in [-0.2, -0.15) is 0 Å². The van der Waals surface area contributed by atoms with Gasteiger partial charge in [0.05, 0.1) is 0 Å². The highest BCUT2D eigenvalue weighted by atomic mass is 16.6. The smallest absolute Gasteiger partial charge is 0.410 e. The maximum absolute atomic E-state index is 13.2. The number of hydrogen-bond donors (Lipinski definition) is 1. The lowest BCUT2D eigenvalue weighted by Crippen LogP contribution is -2.61. The second kappa shape index (κ2) is 11.0. The molecule has 0 unspecified atom stereocenters. The fourth-order valence-electron chi connectivity index (χ4n) is 3.59. The molecule has 1 aliphatic rings. The molecule has 0 aromatic heterocycles. The minimum Gasteiger partial charge on any atom is -0.459 e. The molecule has 1 fully saturated rings. The molecule has 2 aromatic carbocycles. The van der Waals surface area contributed by atoms with Crippen molar-refractivity contribution < 1.29 is 28.6 Å². The molecule has 0 atom stereocenters. The van der Waals surface area contributed by atoms with Crippen molar-refractivity contribution in [3.05, 3.63) is 71.8 Å². The fraction of sp³-hybridized carbons (Fsp3) is 0.423. The Labute approximate surface area is 200 Å². The Bertz CT molecular complexity index is 964. The standard InChI is InChI=1S/C26H32N2O6/c1-25(2,3)34-24(31)28-16-14-26(15-17-28,22(29)32-18-20-10-6-4-7-11-20)27-23(30)33-19-21-12-8-5-9-13-21/h4-13H,14-19H2,1-3H3,(H,27,30). The summed E-state index contributed by atoms with van der Waals surface area (Å²) in [4.78, 5) is 39.8. The van der Waals surface area contributed by atoms with E-state index in [4.69, 9.17) is 14.2 Å². The van der Waals surface area contributed by atoms with E-state index in [0.29, 0.717) is 0 Å². The first-order valence-corrected chi connectivity index (χ1v) is 11.3. The largest absolute Gasteiger partial charge is 0.459 e. The van der Waals surface area contributed by atoms with Crippen molar-refractivity contribution in [2.24, 2.45) is 0 Å². The molecular formula is C26H32N2O6. The molecule has 1 saturated heterocycles. The molecule has 3 rings (SSSR count). The van der Waals surface area contributed by atoms with Crippen molar-refractivity contribution >= 4 is 18.2 Å². The Morgan fingerprint density at radius 1 is 0.853 bits per heavy atom. The van der Waals surface area contributed by atoms with Crippen LogP contribution in [0, 0.1) is 0 Å². The van der Waals surface area contributed by atoms with Gasteiger partial charge in [0.15, 0.2) is 0 Å². The third-order valence-electron chi connectivity index (χ3n) is 5.43. The predicted octanol–water partition coefficient (Wildman–Crippen LogP) is 4.43. The molecule has 1 heterocycles. The predicted molar refractivity (Wildman–Crippen MR) is 126 cm³/mol. The van der Waals surface area contributed by atoms with E-state index in [9.17, 15) is 14.4 Å². The summed E-state index contributed by atoms with van der Waals surface area (Å²) in [6.45, 7) is 6.01. The number of hydrogen-bond acceptors (Lipinski definition) is 6. The van der Waals surface area contributed by atoms with Gasteiger partial charge in [0, 0.05) is 13.1 Å². The monoisotopic (exact) mass is 468 g/mol. The molecule has 34 heavy (non-hydrogen) atoms. The van der Waals surface area contributed by atoms with Gasteiger partial charge in [0.25, 0.3) is 0 Å². The van der Waals surface area contributed by atoms with Crippen LogP contribution in [0.1, 0.15) is 44.7 Å². The van der Waals surface area contributed by atoms with Crippen molar-refractivity contribution in [3.8, 4) is 0 Å². The van der Waals surface area contributed by atoms with Gasteiger partial charge >= 0.3 is 18.2 Å². The van der Waals surface area contributed by atoms with Gasteiger partial charge in [-0.3, -0.25) is 0 Å². The second-order valence-electron chi connectivity index (χ2n) is 9.30. The topological polar surface area (TPSA) is 94.2 Å². The molecule has 0 radical (unpaired) electrons. The van der Waals surface area contributed by atoms with Crippen LogP contribution in [-0.4, -0.2) is 47.3 Å². The van der Waals surface area contributed by atoms with E-state index in [1.54, 1.807) is 20.8 Å². The third-order valence-corrected chi connectivity index (χ3v) is 5.43. The summed E-state index contributed by atoms with van der Waals surface area (Å²) in [5.41, 5.74) is -0.261. The van der Waals surface area contributed by atoms with E-state index >= 15 is 0 Å². The molecule has 0 spiro atoms. The van der Waals surface area contributed by atoms with Gasteiger partial charge in [-0.1, -0.05) is 60.7 Å². The number of amides is 2. The minimum atomic E-state index is -1.30. The second-order valence-corrected chi connectivity index (χ2v) is 9.30. The van der Waals surface area contributed by atoms with E-state index in [-0.39, 0.29) is 39.1 Å². The molecule has 2 aromatic rings. The van der Waals surface area contributed by atoms with E-state index in [0.717, 1.165) is 11.1 Å². The molecule has 8 heteroatoms. The number of carbonyl (C=O) groups excluding carboxylic acids is 3. The highest BCUT2D eigenvalue weighted by Gasteiger charge is 2.46. The Kier molecular flexibility index (Phi) is 8.15. The fourth-order valence-corrected chi connectivity index (χ4v) is 3.59. The van der Waals surface area contributed by atoms with Gasteiger partial charge in [0.1, 0.15) is 24.4 Å². The number of nitrogens with one attached hydrogen (secondary N) is 1. The van der Waals surface area contributed by atoms with Gasteiger partial charge in [0.2, 0.25) is 0 Å². The maximum atomic E-state index is 13.2. The van der Waals surface area contributed by atoms with Gasteiger partial charge in [-0.25, -0.2) is 14.4 Å². The molecular weight excluding hydrogens is 436 g/mol. The summed E-state index contributed by atoms with van der Waals surface area (Å²) in [6.07, 6.45) is -0.808. The number of carbonyl (C=O) groups is 3. The molecule has 0 saturated carbocycles. The molecule has 0 aliphatic carbocycles. The molecule has 1 N–H and O–H groups in total. The summed E-state index contributed by atoms with van der Waals surface area (Å²) >= 11 is 0. The van der Waals surface area contributed by atoms with Crippen LogP contribution >= 0.6 is 0 Å². The van der Waals surface area contributed by atoms with E-state index < -0.39 is 29.3 Å².